The first-order valence-electron chi connectivity index (χ1n) is 13.3. The molecule has 0 saturated carbocycles. The van der Waals surface area contributed by atoms with Gasteiger partial charge in [0.25, 0.3) is 0 Å². The Bertz CT molecular complexity index is 1490. The predicted molar refractivity (Wildman–Crippen MR) is 155 cm³/mol. The number of hydrogen-bond donors (Lipinski definition) is 1. The minimum absolute atomic E-state index is 0.0537. The molecular formula is C34H34N2O2. The topological polar surface area (TPSA) is 43.3 Å². The monoisotopic (exact) mass is 502 g/mol. The third-order valence-electron chi connectivity index (χ3n) is 6.73. The highest BCUT2D eigenvalue weighted by Crippen LogP contribution is 2.37. The number of ether oxygens (including phenoxy) is 1. The van der Waals surface area contributed by atoms with Gasteiger partial charge < -0.3 is 14.6 Å². The molecule has 4 aromatic carbocycles. The zero-order chi connectivity index (χ0) is 26.3. The van der Waals surface area contributed by atoms with E-state index in [1.165, 1.54) is 10.9 Å². The molecule has 0 unspecified atom stereocenters. The Labute approximate surface area is 224 Å². The summed E-state index contributed by atoms with van der Waals surface area (Å²) in [5.41, 5.74) is 4.61. The van der Waals surface area contributed by atoms with Crippen molar-refractivity contribution in [3.63, 3.8) is 0 Å². The van der Waals surface area contributed by atoms with Crippen LogP contribution in [-0.2, 0) is 11.3 Å². The molecule has 0 spiro atoms. The van der Waals surface area contributed by atoms with Gasteiger partial charge in [-0.25, -0.2) is 0 Å². The van der Waals surface area contributed by atoms with E-state index in [4.69, 9.17) is 4.74 Å². The van der Waals surface area contributed by atoms with Gasteiger partial charge in [0, 0.05) is 42.5 Å². The summed E-state index contributed by atoms with van der Waals surface area (Å²) in [6.45, 7) is 5.65. The van der Waals surface area contributed by atoms with Gasteiger partial charge in [0.05, 0.1) is 0 Å². The lowest BCUT2D eigenvalue weighted by Gasteiger charge is -2.19. The standard InChI is InChI=1S/C34H34N2O2/c1-25(2)22-35-34(37)21-31(27-14-11-17-29(20-27)38-28-15-7-4-8-16-28)32-24-36(23-26-12-5-3-6-13-26)33-19-10-9-18-30(32)33/h3-20,24-25,31H,21-23H2,1-2H3,(H,35,37)/t31-/m1/s1. The van der Waals surface area contributed by atoms with Crippen LogP contribution in [0.5, 0.6) is 11.5 Å². The molecule has 1 amide bonds. The Hall–Kier alpha value is -4.31. The third kappa shape index (κ3) is 6.15. The molecular weight excluding hydrogens is 468 g/mol. The van der Waals surface area contributed by atoms with Crippen LogP contribution >= 0.6 is 0 Å². The van der Waals surface area contributed by atoms with Gasteiger partial charge in [0.15, 0.2) is 0 Å². The van der Waals surface area contributed by atoms with Crippen LogP contribution < -0.4 is 10.1 Å². The number of nitrogens with zero attached hydrogens (tertiary/aromatic N) is 1. The molecule has 38 heavy (non-hydrogen) atoms. The maximum atomic E-state index is 13.2. The lowest BCUT2D eigenvalue weighted by molar-refractivity contribution is -0.121. The SMILES string of the molecule is CC(C)CNC(=O)C[C@H](c1cccc(Oc2ccccc2)c1)c1cn(Cc2ccccc2)c2ccccc12. The fourth-order valence-corrected chi connectivity index (χ4v) is 4.87. The molecule has 4 nitrogen and oxygen atoms in total. The number of carbonyl (C=O) groups is 1. The number of nitrogens with one attached hydrogen (secondary N) is 1. The van der Waals surface area contributed by atoms with Crippen molar-refractivity contribution in [3.8, 4) is 11.5 Å². The first-order valence-corrected chi connectivity index (χ1v) is 13.3. The molecule has 0 aliphatic carbocycles. The van der Waals surface area contributed by atoms with E-state index in [1.54, 1.807) is 0 Å². The molecule has 1 N–H and O–H groups in total. The predicted octanol–water partition coefficient (Wildman–Crippen LogP) is 7.78. The second-order valence-electron chi connectivity index (χ2n) is 10.2. The normalized spacial score (nSPS) is 12.0. The van der Waals surface area contributed by atoms with Crippen LogP contribution in [0.4, 0.5) is 0 Å². The van der Waals surface area contributed by atoms with E-state index >= 15 is 0 Å². The highest BCUT2D eigenvalue weighted by Gasteiger charge is 2.23. The number of hydrogen-bond acceptors (Lipinski definition) is 2. The Morgan fingerprint density at radius 2 is 1.50 bits per heavy atom. The largest absolute Gasteiger partial charge is 0.457 e. The number of carbonyl (C=O) groups excluding carboxylic acids is 1. The Balaban J connectivity index is 1.54. The van der Waals surface area contributed by atoms with Crippen molar-refractivity contribution in [2.45, 2.75) is 32.7 Å². The summed E-state index contributed by atoms with van der Waals surface area (Å²) in [6, 6.07) is 36.9. The molecule has 5 rings (SSSR count). The summed E-state index contributed by atoms with van der Waals surface area (Å²) < 4.78 is 8.45. The van der Waals surface area contributed by atoms with Crippen LogP contribution in [-0.4, -0.2) is 17.0 Å². The first-order chi connectivity index (χ1) is 18.6. The van der Waals surface area contributed by atoms with Crippen molar-refractivity contribution >= 4 is 16.8 Å². The molecule has 0 saturated heterocycles. The van der Waals surface area contributed by atoms with Crippen LogP contribution in [0.1, 0.15) is 42.9 Å². The van der Waals surface area contributed by atoms with Crippen molar-refractivity contribution in [3.05, 3.63) is 132 Å². The van der Waals surface area contributed by atoms with Crippen molar-refractivity contribution in [2.75, 3.05) is 6.54 Å². The summed E-state index contributed by atoms with van der Waals surface area (Å²) >= 11 is 0. The molecule has 5 aromatic rings. The molecule has 192 valence electrons. The van der Waals surface area contributed by atoms with Crippen molar-refractivity contribution < 1.29 is 9.53 Å². The number of benzene rings is 4. The summed E-state index contributed by atoms with van der Waals surface area (Å²) in [5.74, 6) is 1.87. The zero-order valence-electron chi connectivity index (χ0n) is 22.0. The minimum atomic E-state index is -0.122. The zero-order valence-corrected chi connectivity index (χ0v) is 22.0. The van der Waals surface area contributed by atoms with Gasteiger partial charge in [0.1, 0.15) is 11.5 Å². The van der Waals surface area contributed by atoms with Crippen molar-refractivity contribution in [2.24, 2.45) is 5.92 Å². The van der Waals surface area contributed by atoms with E-state index in [0.29, 0.717) is 18.9 Å². The Morgan fingerprint density at radius 1 is 0.816 bits per heavy atom. The molecule has 1 atom stereocenters. The van der Waals surface area contributed by atoms with Gasteiger partial charge in [-0.05, 0) is 52.9 Å². The summed E-state index contributed by atoms with van der Waals surface area (Å²) in [4.78, 5) is 13.2. The molecule has 0 aliphatic rings. The lowest BCUT2D eigenvalue weighted by atomic mass is 9.88. The summed E-state index contributed by atoms with van der Waals surface area (Å²) in [6.07, 6.45) is 2.59. The number of aromatic nitrogens is 1. The fraction of sp³-hybridized carbons (Fsp3) is 0.206. The average molecular weight is 503 g/mol. The molecule has 0 radical (unpaired) electrons. The van der Waals surface area contributed by atoms with Gasteiger partial charge in [-0.3, -0.25) is 4.79 Å². The quantitative estimate of drug-likeness (QED) is 0.212. The fourth-order valence-electron chi connectivity index (χ4n) is 4.87. The maximum Gasteiger partial charge on any atom is 0.220 e. The summed E-state index contributed by atoms with van der Waals surface area (Å²) in [7, 11) is 0. The van der Waals surface area contributed by atoms with Gasteiger partial charge in [0.2, 0.25) is 5.91 Å². The molecule has 1 heterocycles. The highest BCUT2D eigenvalue weighted by atomic mass is 16.5. The van der Waals surface area contributed by atoms with Gasteiger partial charge in [-0.2, -0.15) is 0 Å². The van der Waals surface area contributed by atoms with E-state index in [2.05, 4.69) is 90.6 Å². The second kappa shape index (κ2) is 11.8. The average Bonchev–Trinajstić information content (AvgIpc) is 3.30. The van der Waals surface area contributed by atoms with E-state index in [1.807, 2.05) is 48.5 Å². The molecule has 4 heteroatoms. The summed E-state index contributed by atoms with van der Waals surface area (Å²) in [5, 5.41) is 4.29. The van der Waals surface area contributed by atoms with Crippen LogP contribution in [0.25, 0.3) is 10.9 Å². The molecule has 1 aromatic heterocycles. The van der Waals surface area contributed by atoms with Crippen LogP contribution in [0.3, 0.4) is 0 Å². The first kappa shape index (κ1) is 25.3. The minimum Gasteiger partial charge on any atom is -0.457 e. The third-order valence-corrected chi connectivity index (χ3v) is 6.73. The van der Waals surface area contributed by atoms with Gasteiger partial charge in [-0.15, -0.1) is 0 Å². The maximum absolute atomic E-state index is 13.2. The Kier molecular flexibility index (Phi) is 7.89. The van der Waals surface area contributed by atoms with E-state index in [9.17, 15) is 4.79 Å². The van der Waals surface area contributed by atoms with Crippen molar-refractivity contribution in [1.82, 2.24) is 9.88 Å². The van der Waals surface area contributed by atoms with E-state index in [0.717, 1.165) is 34.7 Å². The van der Waals surface area contributed by atoms with Crippen LogP contribution in [0.2, 0.25) is 0 Å². The Morgan fingerprint density at radius 3 is 2.26 bits per heavy atom. The number of fused-ring (bicyclic) bond motifs is 1. The molecule has 0 bridgehead atoms. The number of amides is 1. The number of para-hydroxylation sites is 2. The number of rotatable bonds is 10. The molecule has 0 fully saturated rings. The van der Waals surface area contributed by atoms with Gasteiger partial charge in [-0.1, -0.05) is 92.7 Å². The van der Waals surface area contributed by atoms with Crippen LogP contribution in [0, 0.1) is 5.92 Å². The van der Waals surface area contributed by atoms with Crippen LogP contribution in [0.15, 0.2) is 115 Å². The second-order valence-corrected chi connectivity index (χ2v) is 10.2. The smallest absolute Gasteiger partial charge is 0.220 e. The van der Waals surface area contributed by atoms with Crippen molar-refractivity contribution in [1.29, 1.82) is 0 Å². The lowest BCUT2D eigenvalue weighted by Crippen LogP contribution is -2.28. The van der Waals surface area contributed by atoms with E-state index in [-0.39, 0.29) is 11.8 Å². The van der Waals surface area contributed by atoms with E-state index < -0.39 is 0 Å². The van der Waals surface area contributed by atoms with Gasteiger partial charge >= 0.3 is 0 Å². The molecule has 0 aliphatic heterocycles. The highest BCUT2D eigenvalue weighted by molar-refractivity contribution is 5.87.